The predicted octanol–water partition coefficient (Wildman–Crippen LogP) is 2.31. The quantitative estimate of drug-likeness (QED) is 0.854. The third kappa shape index (κ3) is 2.13. The van der Waals surface area contributed by atoms with Crippen LogP contribution in [0.3, 0.4) is 0 Å². The summed E-state index contributed by atoms with van der Waals surface area (Å²) in [5.74, 6) is 0.748. The Labute approximate surface area is 112 Å². The van der Waals surface area contributed by atoms with E-state index in [-0.39, 0.29) is 5.78 Å². The second-order valence-electron chi connectivity index (χ2n) is 4.62. The Kier molecular flexibility index (Phi) is 3.05. The molecule has 0 radical (unpaired) electrons. The van der Waals surface area contributed by atoms with Gasteiger partial charge in [-0.3, -0.25) is 4.79 Å². The highest BCUT2D eigenvalue weighted by Crippen LogP contribution is 2.30. The highest BCUT2D eigenvalue weighted by atomic mass is 16.5. The van der Waals surface area contributed by atoms with E-state index in [0.29, 0.717) is 24.3 Å². The largest absolute Gasteiger partial charge is 0.492 e. The van der Waals surface area contributed by atoms with Gasteiger partial charge < -0.3 is 10.5 Å². The van der Waals surface area contributed by atoms with Crippen LogP contribution in [0.5, 0.6) is 5.75 Å². The van der Waals surface area contributed by atoms with Gasteiger partial charge in [-0.15, -0.1) is 0 Å². The van der Waals surface area contributed by atoms with Crippen LogP contribution in [0.1, 0.15) is 27.0 Å². The van der Waals surface area contributed by atoms with Crippen molar-refractivity contribution in [3.63, 3.8) is 0 Å². The lowest BCUT2D eigenvalue weighted by Crippen LogP contribution is -2.04. The molecule has 0 amide bonds. The number of ketones is 1. The first-order chi connectivity index (χ1) is 9.29. The van der Waals surface area contributed by atoms with E-state index in [1.807, 2.05) is 42.5 Å². The van der Waals surface area contributed by atoms with Gasteiger partial charge in [0.2, 0.25) is 0 Å². The van der Waals surface area contributed by atoms with E-state index in [9.17, 15) is 4.79 Å². The number of nitrogens with two attached hydrogens (primary N) is 1. The predicted molar refractivity (Wildman–Crippen MR) is 73.4 cm³/mol. The van der Waals surface area contributed by atoms with E-state index in [2.05, 4.69) is 0 Å². The van der Waals surface area contributed by atoms with Crippen molar-refractivity contribution >= 4 is 5.78 Å². The number of rotatable bonds is 3. The summed E-state index contributed by atoms with van der Waals surface area (Å²) in [5.41, 5.74) is 9.01. The number of hydrogen-bond donors (Lipinski definition) is 1. The van der Waals surface area contributed by atoms with Gasteiger partial charge in [-0.1, -0.05) is 36.4 Å². The van der Waals surface area contributed by atoms with Gasteiger partial charge in [0.25, 0.3) is 0 Å². The molecule has 1 heterocycles. The molecule has 0 saturated carbocycles. The molecule has 1 aliphatic heterocycles. The van der Waals surface area contributed by atoms with Crippen LogP contribution in [0.2, 0.25) is 0 Å². The number of ether oxygens (including phenoxy) is 1. The second-order valence-corrected chi connectivity index (χ2v) is 4.62. The highest BCUT2D eigenvalue weighted by molar-refractivity contribution is 6.11. The maximum atomic E-state index is 12.5. The minimum absolute atomic E-state index is 0.00215. The van der Waals surface area contributed by atoms with Crippen molar-refractivity contribution in [1.29, 1.82) is 0 Å². The summed E-state index contributed by atoms with van der Waals surface area (Å²) in [5, 5.41) is 0. The van der Waals surface area contributed by atoms with E-state index in [0.717, 1.165) is 23.3 Å². The minimum atomic E-state index is 0.00215. The molecule has 19 heavy (non-hydrogen) atoms. The second kappa shape index (κ2) is 4.86. The van der Waals surface area contributed by atoms with E-state index in [1.165, 1.54) is 0 Å². The zero-order chi connectivity index (χ0) is 13.2. The molecule has 2 aromatic carbocycles. The molecule has 96 valence electrons. The zero-order valence-corrected chi connectivity index (χ0v) is 10.6. The molecule has 0 aliphatic carbocycles. The van der Waals surface area contributed by atoms with Gasteiger partial charge in [0, 0.05) is 18.5 Å². The molecule has 3 nitrogen and oxygen atoms in total. The molecular formula is C16H15NO2. The summed E-state index contributed by atoms with van der Waals surface area (Å²) in [6.45, 7) is 1.14. The molecule has 0 unspecified atom stereocenters. The summed E-state index contributed by atoms with van der Waals surface area (Å²) in [6.07, 6.45) is 0.878. The van der Waals surface area contributed by atoms with Crippen molar-refractivity contribution in [3.8, 4) is 5.75 Å². The lowest BCUT2D eigenvalue weighted by atomic mass is 9.99. The molecule has 3 heteroatoms. The lowest BCUT2D eigenvalue weighted by Gasteiger charge is -2.07. The third-order valence-corrected chi connectivity index (χ3v) is 3.41. The molecule has 2 N–H and O–H groups in total. The Morgan fingerprint density at radius 3 is 2.68 bits per heavy atom. The Bertz CT molecular complexity index is 617. The van der Waals surface area contributed by atoms with E-state index in [4.69, 9.17) is 10.5 Å². The normalized spacial score (nSPS) is 12.9. The first kappa shape index (κ1) is 11.9. The maximum absolute atomic E-state index is 12.5. The van der Waals surface area contributed by atoms with E-state index >= 15 is 0 Å². The number of carbonyl (C=O) groups excluding carboxylic acids is 1. The Morgan fingerprint density at radius 2 is 1.95 bits per heavy atom. The van der Waals surface area contributed by atoms with Gasteiger partial charge in [-0.25, -0.2) is 0 Å². The molecule has 0 saturated heterocycles. The molecule has 0 spiro atoms. The van der Waals surface area contributed by atoms with Gasteiger partial charge in [0.1, 0.15) is 5.75 Å². The third-order valence-electron chi connectivity index (χ3n) is 3.41. The van der Waals surface area contributed by atoms with Crippen LogP contribution >= 0.6 is 0 Å². The minimum Gasteiger partial charge on any atom is -0.492 e. The van der Waals surface area contributed by atoms with E-state index < -0.39 is 0 Å². The zero-order valence-electron chi connectivity index (χ0n) is 10.6. The van der Waals surface area contributed by atoms with Crippen LogP contribution in [0.25, 0.3) is 0 Å². The van der Waals surface area contributed by atoms with Crippen LogP contribution in [-0.4, -0.2) is 12.4 Å². The number of carbonyl (C=O) groups is 1. The van der Waals surface area contributed by atoms with Gasteiger partial charge in [-0.05, 0) is 17.2 Å². The standard InChI is InChI=1S/C16H15NO2/c17-10-11-4-6-12(7-5-11)15(18)14-3-1-2-13-8-9-19-16(13)14/h1-7H,8-10,17H2. The van der Waals surface area contributed by atoms with Crippen molar-refractivity contribution in [3.05, 3.63) is 64.7 Å². The first-order valence-corrected chi connectivity index (χ1v) is 6.38. The van der Waals surface area contributed by atoms with Crippen LogP contribution in [0.4, 0.5) is 0 Å². The van der Waals surface area contributed by atoms with Crippen molar-refractivity contribution in [1.82, 2.24) is 0 Å². The lowest BCUT2D eigenvalue weighted by molar-refractivity contribution is 0.103. The smallest absolute Gasteiger partial charge is 0.196 e. The summed E-state index contributed by atoms with van der Waals surface area (Å²) in [6, 6.07) is 13.2. The van der Waals surface area contributed by atoms with Gasteiger partial charge in [0.15, 0.2) is 5.78 Å². The van der Waals surface area contributed by atoms with Crippen LogP contribution in [0.15, 0.2) is 42.5 Å². The number of fused-ring (bicyclic) bond motifs is 1. The molecule has 2 aromatic rings. The fraction of sp³-hybridized carbons (Fsp3) is 0.188. The summed E-state index contributed by atoms with van der Waals surface area (Å²) in [7, 11) is 0. The van der Waals surface area contributed by atoms with Gasteiger partial charge in [0.05, 0.1) is 12.2 Å². The van der Waals surface area contributed by atoms with Crippen LogP contribution < -0.4 is 10.5 Å². The number of hydrogen-bond acceptors (Lipinski definition) is 3. The fourth-order valence-corrected chi connectivity index (χ4v) is 2.34. The summed E-state index contributed by atoms with van der Waals surface area (Å²) in [4.78, 5) is 12.5. The number of para-hydroxylation sites is 1. The van der Waals surface area contributed by atoms with Gasteiger partial charge in [-0.2, -0.15) is 0 Å². The van der Waals surface area contributed by atoms with Crippen molar-refractivity contribution in [2.24, 2.45) is 5.73 Å². The maximum Gasteiger partial charge on any atom is 0.196 e. The Morgan fingerprint density at radius 1 is 1.16 bits per heavy atom. The molecule has 0 atom stereocenters. The molecule has 1 aliphatic rings. The van der Waals surface area contributed by atoms with Crippen molar-refractivity contribution in [2.45, 2.75) is 13.0 Å². The van der Waals surface area contributed by atoms with E-state index in [1.54, 1.807) is 0 Å². The molecule has 0 bridgehead atoms. The Hall–Kier alpha value is -2.13. The average Bonchev–Trinajstić information content (AvgIpc) is 2.95. The summed E-state index contributed by atoms with van der Waals surface area (Å²) < 4.78 is 5.58. The first-order valence-electron chi connectivity index (χ1n) is 6.38. The van der Waals surface area contributed by atoms with Crippen LogP contribution in [-0.2, 0) is 13.0 Å². The SMILES string of the molecule is NCc1ccc(C(=O)c2cccc3c2OCC3)cc1. The molecule has 0 fully saturated rings. The highest BCUT2D eigenvalue weighted by Gasteiger charge is 2.21. The molecule has 0 aromatic heterocycles. The van der Waals surface area contributed by atoms with Crippen LogP contribution in [0, 0.1) is 0 Å². The average molecular weight is 253 g/mol. The molecule has 3 rings (SSSR count). The topological polar surface area (TPSA) is 52.3 Å². The van der Waals surface area contributed by atoms with Gasteiger partial charge >= 0.3 is 0 Å². The number of benzene rings is 2. The van der Waals surface area contributed by atoms with Crippen molar-refractivity contribution < 1.29 is 9.53 Å². The summed E-state index contributed by atoms with van der Waals surface area (Å²) >= 11 is 0. The Balaban J connectivity index is 1.97. The van der Waals surface area contributed by atoms with Crippen molar-refractivity contribution in [2.75, 3.05) is 6.61 Å². The monoisotopic (exact) mass is 253 g/mol. The molecular weight excluding hydrogens is 238 g/mol. The fourth-order valence-electron chi connectivity index (χ4n) is 2.34.